The lowest BCUT2D eigenvalue weighted by molar-refractivity contribution is -0.123. The molecule has 2 fully saturated rings. The molecule has 0 radical (unpaired) electrons. The van der Waals surface area contributed by atoms with E-state index in [0.29, 0.717) is 13.2 Å². The Morgan fingerprint density at radius 2 is 1.88 bits per heavy atom. The van der Waals surface area contributed by atoms with Crippen molar-refractivity contribution in [3.05, 3.63) is 28.7 Å². The lowest BCUT2D eigenvalue weighted by Gasteiger charge is -2.26. The van der Waals surface area contributed by atoms with E-state index in [4.69, 9.17) is 4.74 Å². The maximum Gasteiger partial charge on any atom is 0.223 e. The summed E-state index contributed by atoms with van der Waals surface area (Å²) < 4.78 is 30.9. The minimum absolute atomic E-state index is 0.00239. The van der Waals surface area contributed by atoms with E-state index in [-0.39, 0.29) is 28.7 Å². The number of rotatable bonds is 5. The van der Waals surface area contributed by atoms with Gasteiger partial charge in [0.2, 0.25) is 5.91 Å². The Hall–Kier alpha value is -0.920. The number of ether oxygens (including phenoxy) is 1. The lowest BCUT2D eigenvalue weighted by atomic mass is 9.93. The van der Waals surface area contributed by atoms with Crippen molar-refractivity contribution in [3.8, 4) is 0 Å². The van der Waals surface area contributed by atoms with Gasteiger partial charge < -0.3 is 10.1 Å². The Bertz CT molecular complexity index is 752. The third-order valence-electron chi connectivity index (χ3n) is 5.53. The maximum absolute atomic E-state index is 12.9. The molecule has 1 aliphatic heterocycles. The third kappa shape index (κ3) is 3.64. The fourth-order valence-corrected chi connectivity index (χ4v) is 5.16. The molecule has 7 heteroatoms. The molecule has 1 aromatic carbocycles. The Morgan fingerprint density at radius 1 is 1.28 bits per heavy atom. The molecule has 1 spiro atoms. The summed E-state index contributed by atoms with van der Waals surface area (Å²) in [6.07, 6.45) is 2.74. The molecule has 1 unspecified atom stereocenters. The maximum atomic E-state index is 12.9. The highest BCUT2D eigenvalue weighted by Gasteiger charge is 2.58. The van der Waals surface area contributed by atoms with Crippen LogP contribution in [0, 0.1) is 11.3 Å². The van der Waals surface area contributed by atoms with Gasteiger partial charge in [0.05, 0.1) is 9.64 Å². The highest BCUT2D eigenvalue weighted by Crippen LogP contribution is 2.59. The second-order valence-electron chi connectivity index (χ2n) is 7.67. The number of benzene rings is 1. The molecular formula is C18H24BrNO4S. The van der Waals surface area contributed by atoms with E-state index < -0.39 is 14.6 Å². The SMILES string of the molecule is CC(C)(CNC(=O)C1CC12CCOCC2)S(=O)(=O)c1ccc(Br)cc1. The van der Waals surface area contributed by atoms with Crippen LogP contribution in [0.2, 0.25) is 0 Å². The third-order valence-corrected chi connectivity index (χ3v) is 8.56. The van der Waals surface area contributed by atoms with Crippen molar-refractivity contribution >= 4 is 31.7 Å². The van der Waals surface area contributed by atoms with Crippen LogP contribution in [0.1, 0.15) is 33.1 Å². The molecule has 3 rings (SSSR count). The molecule has 1 amide bonds. The summed E-state index contributed by atoms with van der Waals surface area (Å²) in [6.45, 7) is 4.84. The summed E-state index contributed by atoms with van der Waals surface area (Å²) >= 11 is 3.31. The molecule has 1 N–H and O–H groups in total. The van der Waals surface area contributed by atoms with Gasteiger partial charge in [-0.25, -0.2) is 8.42 Å². The Labute approximate surface area is 157 Å². The van der Waals surface area contributed by atoms with Gasteiger partial charge >= 0.3 is 0 Å². The van der Waals surface area contributed by atoms with Gasteiger partial charge in [0.15, 0.2) is 9.84 Å². The molecule has 138 valence electrons. The minimum atomic E-state index is -3.55. The fraction of sp³-hybridized carbons (Fsp3) is 0.611. The summed E-state index contributed by atoms with van der Waals surface area (Å²) in [5.41, 5.74) is 0.0943. The van der Waals surface area contributed by atoms with Crippen molar-refractivity contribution in [1.29, 1.82) is 0 Å². The average molecular weight is 430 g/mol. The molecule has 1 heterocycles. The Morgan fingerprint density at radius 3 is 2.48 bits per heavy atom. The quantitative estimate of drug-likeness (QED) is 0.780. The molecule has 1 aliphatic carbocycles. The Balaban J connectivity index is 1.63. The van der Waals surface area contributed by atoms with E-state index in [1.807, 2.05) is 0 Å². The number of carbonyl (C=O) groups is 1. The topological polar surface area (TPSA) is 72.5 Å². The van der Waals surface area contributed by atoms with Gasteiger partial charge in [-0.3, -0.25) is 4.79 Å². The second kappa shape index (κ2) is 6.67. The van der Waals surface area contributed by atoms with Crippen LogP contribution in [0.25, 0.3) is 0 Å². The monoisotopic (exact) mass is 429 g/mol. The van der Waals surface area contributed by atoms with E-state index in [9.17, 15) is 13.2 Å². The molecular weight excluding hydrogens is 406 g/mol. The number of nitrogens with one attached hydrogen (secondary N) is 1. The van der Waals surface area contributed by atoms with E-state index in [2.05, 4.69) is 21.2 Å². The second-order valence-corrected chi connectivity index (χ2v) is 11.2. The number of sulfone groups is 1. The van der Waals surface area contributed by atoms with Crippen molar-refractivity contribution in [3.63, 3.8) is 0 Å². The summed E-state index contributed by atoms with van der Waals surface area (Å²) in [7, 11) is -3.55. The highest BCUT2D eigenvalue weighted by molar-refractivity contribution is 9.10. The van der Waals surface area contributed by atoms with Crippen molar-refractivity contribution in [2.24, 2.45) is 11.3 Å². The molecule has 25 heavy (non-hydrogen) atoms. The summed E-state index contributed by atoms with van der Waals surface area (Å²) in [5.74, 6) is -0.0245. The number of carbonyl (C=O) groups excluding carboxylic acids is 1. The van der Waals surface area contributed by atoms with Crippen LogP contribution in [-0.2, 0) is 19.4 Å². The zero-order chi connectivity index (χ0) is 18.3. The van der Waals surface area contributed by atoms with Gasteiger partial charge in [-0.1, -0.05) is 15.9 Å². The molecule has 1 atom stereocenters. The van der Waals surface area contributed by atoms with Crippen LogP contribution in [0.3, 0.4) is 0 Å². The van der Waals surface area contributed by atoms with Crippen LogP contribution in [0.15, 0.2) is 33.6 Å². The van der Waals surface area contributed by atoms with Gasteiger partial charge in [0, 0.05) is 30.1 Å². The first-order valence-corrected chi connectivity index (χ1v) is 10.8. The lowest BCUT2D eigenvalue weighted by Crippen LogP contribution is -2.45. The molecule has 0 aromatic heterocycles. The van der Waals surface area contributed by atoms with Gasteiger partial charge in [-0.2, -0.15) is 0 Å². The fourth-order valence-electron chi connectivity index (χ4n) is 3.50. The van der Waals surface area contributed by atoms with E-state index in [1.54, 1.807) is 38.1 Å². The van der Waals surface area contributed by atoms with Crippen LogP contribution in [-0.4, -0.2) is 38.8 Å². The van der Waals surface area contributed by atoms with Gasteiger partial charge in [-0.05, 0) is 62.8 Å². The number of hydrogen-bond acceptors (Lipinski definition) is 4. The van der Waals surface area contributed by atoms with Gasteiger partial charge in [-0.15, -0.1) is 0 Å². The van der Waals surface area contributed by atoms with Crippen molar-refractivity contribution in [2.45, 2.75) is 42.8 Å². The smallest absolute Gasteiger partial charge is 0.223 e. The van der Waals surface area contributed by atoms with Gasteiger partial charge in [0.1, 0.15) is 0 Å². The van der Waals surface area contributed by atoms with E-state index >= 15 is 0 Å². The largest absolute Gasteiger partial charge is 0.381 e. The zero-order valence-corrected chi connectivity index (χ0v) is 17.0. The average Bonchev–Trinajstić information content (AvgIpc) is 3.26. The van der Waals surface area contributed by atoms with E-state index in [0.717, 1.165) is 23.7 Å². The van der Waals surface area contributed by atoms with Crippen LogP contribution in [0.5, 0.6) is 0 Å². The molecule has 0 bridgehead atoms. The molecule has 2 aliphatic rings. The molecule has 1 saturated heterocycles. The van der Waals surface area contributed by atoms with Crippen molar-refractivity contribution in [2.75, 3.05) is 19.8 Å². The molecule has 1 saturated carbocycles. The molecule has 1 aromatic rings. The standard InChI is InChI=1S/C18H24BrNO4S/c1-17(2,25(22,23)14-5-3-13(19)4-6-14)12-20-16(21)15-11-18(15)7-9-24-10-8-18/h3-6,15H,7-12H2,1-2H3,(H,20,21). The normalized spacial score (nSPS) is 22.6. The predicted octanol–water partition coefficient (Wildman–Crippen LogP) is 2.93. The van der Waals surface area contributed by atoms with Crippen LogP contribution in [0.4, 0.5) is 0 Å². The summed E-state index contributed by atoms with van der Waals surface area (Å²) in [6, 6.07) is 6.59. The van der Waals surface area contributed by atoms with Crippen LogP contribution < -0.4 is 5.32 Å². The zero-order valence-electron chi connectivity index (χ0n) is 14.5. The number of amides is 1. The molecule has 5 nitrogen and oxygen atoms in total. The first-order chi connectivity index (χ1) is 11.7. The highest BCUT2D eigenvalue weighted by atomic mass is 79.9. The van der Waals surface area contributed by atoms with E-state index in [1.165, 1.54) is 0 Å². The first-order valence-electron chi connectivity index (χ1n) is 8.54. The summed E-state index contributed by atoms with van der Waals surface area (Å²) in [4.78, 5) is 12.7. The Kier molecular flexibility index (Phi) is 5.03. The minimum Gasteiger partial charge on any atom is -0.381 e. The first kappa shape index (κ1) is 18.9. The van der Waals surface area contributed by atoms with Crippen LogP contribution >= 0.6 is 15.9 Å². The van der Waals surface area contributed by atoms with Crippen molar-refractivity contribution < 1.29 is 17.9 Å². The number of halogens is 1. The van der Waals surface area contributed by atoms with Gasteiger partial charge in [0.25, 0.3) is 0 Å². The number of hydrogen-bond donors (Lipinski definition) is 1. The summed E-state index contributed by atoms with van der Waals surface area (Å²) in [5, 5.41) is 2.88. The predicted molar refractivity (Wildman–Crippen MR) is 99.0 cm³/mol. The van der Waals surface area contributed by atoms with Crippen molar-refractivity contribution in [1.82, 2.24) is 5.32 Å².